The summed E-state index contributed by atoms with van der Waals surface area (Å²) in [6.45, 7) is 1.62. The van der Waals surface area contributed by atoms with Gasteiger partial charge in [0.15, 0.2) is 0 Å². The van der Waals surface area contributed by atoms with Crippen LogP contribution >= 0.6 is 0 Å². The van der Waals surface area contributed by atoms with Gasteiger partial charge in [-0.05, 0) is 30.4 Å². The molecule has 1 aliphatic heterocycles. The first kappa shape index (κ1) is 10.9. The van der Waals surface area contributed by atoms with Crippen molar-refractivity contribution in [1.29, 1.82) is 5.26 Å². The van der Waals surface area contributed by atoms with E-state index in [-0.39, 0.29) is 0 Å². The molecule has 0 saturated carbocycles. The number of ether oxygens (including phenoxy) is 1. The predicted molar refractivity (Wildman–Crippen MR) is 60.8 cm³/mol. The number of hydrogen-bond acceptors (Lipinski definition) is 4. The third-order valence-corrected chi connectivity index (χ3v) is 2.98. The van der Waals surface area contributed by atoms with Gasteiger partial charge in [-0.25, -0.2) is 4.98 Å². The average Bonchev–Trinajstić information content (AvgIpc) is 2.33. The second-order valence-corrected chi connectivity index (χ2v) is 4.03. The van der Waals surface area contributed by atoms with Crippen LogP contribution in [0, 0.1) is 11.3 Å². The van der Waals surface area contributed by atoms with E-state index >= 15 is 0 Å². The molecule has 1 fully saturated rings. The van der Waals surface area contributed by atoms with Crippen molar-refractivity contribution in [3.63, 3.8) is 0 Å². The van der Waals surface area contributed by atoms with Crippen molar-refractivity contribution in [2.45, 2.75) is 25.2 Å². The Hall–Kier alpha value is -1.60. The first-order chi connectivity index (χ1) is 7.81. The summed E-state index contributed by atoms with van der Waals surface area (Å²) in [5.74, 6) is 0.969. The van der Waals surface area contributed by atoms with Crippen LogP contribution in [0.2, 0.25) is 0 Å². The number of nitriles is 1. The monoisotopic (exact) mass is 217 g/mol. The molecular formula is C12H15N3O. The molecule has 0 aromatic carbocycles. The number of aromatic nitrogens is 1. The molecule has 16 heavy (non-hydrogen) atoms. The summed E-state index contributed by atoms with van der Waals surface area (Å²) in [7, 11) is 0. The van der Waals surface area contributed by atoms with Gasteiger partial charge in [0.25, 0.3) is 0 Å². The lowest BCUT2D eigenvalue weighted by atomic mass is 9.92. The highest BCUT2D eigenvalue weighted by Gasteiger charge is 2.17. The Balaban J connectivity index is 2.21. The van der Waals surface area contributed by atoms with Crippen molar-refractivity contribution in [1.82, 2.24) is 4.98 Å². The summed E-state index contributed by atoms with van der Waals surface area (Å²) in [6, 6.07) is 4.13. The minimum absolute atomic E-state index is 0.329. The number of rotatable bonds is 2. The summed E-state index contributed by atoms with van der Waals surface area (Å²) >= 11 is 0. The molecule has 2 N–H and O–H groups in total. The van der Waals surface area contributed by atoms with Crippen molar-refractivity contribution in [2.24, 2.45) is 0 Å². The molecule has 0 unspecified atom stereocenters. The fraction of sp³-hybridized carbons (Fsp3) is 0.500. The van der Waals surface area contributed by atoms with Crippen LogP contribution in [0.25, 0.3) is 0 Å². The van der Waals surface area contributed by atoms with E-state index in [1.807, 2.05) is 12.3 Å². The molecule has 1 aromatic rings. The second kappa shape index (κ2) is 4.95. The van der Waals surface area contributed by atoms with Gasteiger partial charge in [-0.1, -0.05) is 0 Å². The average molecular weight is 217 g/mol. The van der Waals surface area contributed by atoms with Gasteiger partial charge in [-0.15, -0.1) is 0 Å². The van der Waals surface area contributed by atoms with Crippen molar-refractivity contribution in [3.05, 3.63) is 23.4 Å². The molecule has 0 bridgehead atoms. The van der Waals surface area contributed by atoms with Crippen LogP contribution in [-0.2, 0) is 11.2 Å². The van der Waals surface area contributed by atoms with Crippen LogP contribution in [0.1, 0.15) is 29.9 Å². The predicted octanol–water partition coefficient (Wildman–Crippen LogP) is 1.62. The van der Waals surface area contributed by atoms with Crippen molar-refractivity contribution in [3.8, 4) is 6.07 Å². The van der Waals surface area contributed by atoms with E-state index in [1.165, 1.54) is 5.56 Å². The molecule has 1 aromatic heterocycles. The smallest absolute Gasteiger partial charge is 0.127 e. The minimum atomic E-state index is 0.329. The van der Waals surface area contributed by atoms with Gasteiger partial charge in [-0.3, -0.25) is 0 Å². The lowest BCUT2D eigenvalue weighted by Gasteiger charge is -2.22. The number of pyridine rings is 1. The number of hydrogen-bond donors (Lipinski definition) is 1. The molecule has 1 aliphatic rings. The lowest BCUT2D eigenvalue weighted by Crippen LogP contribution is -2.14. The Morgan fingerprint density at radius 2 is 2.25 bits per heavy atom. The quantitative estimate of drug-likeness (QED) is 0.817. The first-order valence-corrected chi connectivity index (χ1v) is 5.50. The van der Waals surface area contributed by atoms with Gasteiger partial charge >= 0.3 is 0 Å². The summed E-state index contributed by atoms with van der Waals surface area (Å²) in [5, 5.41) is 8.69. The molecule has 0 spiro atoms. The highest BCUT2D eigenvalue weighted by molar-refractivity contribution is 5.43. The van der Waals surface area contributed by atoms with E-state index in [0.29, 0.717) is 18.2 Å². The van der Waals surface area contributed by atoms with Gasteiger partial charge in [0.1, 0.15) is 5.82 Å². The van der Waals surface area contributed by atoms with Gasteiger partial charge < -0.3 is 10.5 Å². The number of nitrogens with zero attached hydrogens (tertiary/aromatic N) is 2. The van der Waals surface area contributed by atoms with E-state index in [9.17, 15) is 0 Å². The normalized spacial score (nSPS) is 16.9. The molecule has 4 heteroatoms. The van der Waals surface area contributed by atoms with E-state index in [4.69, 9.17) is 15.7 Å². The third-order valence-electron chi connectivity index (χ3n) is 2.98. The summed E-state index contributed by atoms with van der Waals surface area (Å²) in [6.07, 6.45) is 4.21. The topological polar surface area (TPSA) is 71.9 Å². The van der Waals surface area contributed by atoms with Crippen molar-refractivity contribution in [2.75, 3.05) is 18.9 Å². The highest BCUT2D eigenvalue weighted by Crippen LogP contribution is 2.27. The molecule has 0 aliphatic carbocycles. The fourth-order valence-electron chi connectivity index (χ4n) is 2.02. The molecule has 0 amide bonds. The largest absolute Gasteiger partial charge is 0.383 e. The number of nitrogen functional groups attached to an aromatic ring is 1. The Labute approximate surface area is 95.0 Å². The zero-order valence-corrected chi connectivity index (χ0v) is 9.15. The Kier molecular flexibility index (Phi) is 3.37. The number of nitrogens with two attached hydrogens (primary N) is 1. The zero-order chi connectivity index (χ0) is 11.4. The summed E-state index contributed by atoms with van der Waals surface area (Å²) in [4.78, 5) is 4.16. The van der Waals surface area contributed by atoms with Crippen molar-refractivity contribution < 1.29 is 4.74 Å². The Bertz CT molecular complexity index is 405. The molecule has 84 valence electrons. The summed E-state index contributed by atoms with van der Waals surface area (Å²) < 4.78 is 5.33. The fourth-order valence-corrected chi connectivity index (χ4v) is 2.02. The highest BCUT2D eigenvalue weighted by atomic mass is 16.5. The van der Waals surface area contributed by atoms with E-state index in [0.717, 1.165) is 31.6 Å². The first-order valence-electron chi connectivity index (χ1n) is 5.50. The molecule has 4 nitrogen and oxygen atoms in total. The van der Waals surface area contributed by atoms with Gasteiger partial charge in [0.2, 0.25) is 0 Å². The maximum atomic E-state index is 8.69. The molecule has 2 heterocycles. The lowest BCUT2D eigenvalue weighted by molar-refractivity contribution is 0.0852. The molecule has 2 rings (SSSR count). The summed E-state index contributed by atoms with van der Waals surface area (Å²) in [5.41, 5.74) is 7.74. The molecular weight excluding hydrogens is 202 g/mol. The molecule has 0 radical (unpaired) electrons. The maximum absolute atomic E-state index is 8.69. The minimum Gasteiger partial charge on any atom is -0.383 e. The van der Waals surface area contributed by atoms with Gasteiger partial charge in [-0.2, -0.15) is 5.26 Å². The Morgan fingerprint density at radius 1 is 1.50 bits per heavy atom. The maximum Gasteiger partial charge on any atom is 0.127 e. The Morgan fingerprint density at radius 3 is 2.94 bits per heavy atom. The molecule has 1 saturated heterocycles. The van der Waals surface area contributed by atoms with Gasteiger partial charge in [0.05, 0.1) is 12.5 Å². The van der Waals surface area contributed by atoms with Crippen LogP contribution < -0.4 is 5.73 Å². The number of anilines is 1. The van der Waals surface area contributed by atoms with Gasteiger partial charge in [0, 0.05) is 25.0 Å². The second-order valence-electron chi connectivity index (χ2n) is 4.03. The zero-order valence-electron chi connectivity index (χ0n) is 9.15. The van der Waals surface area contributed by atoms with E-state index in [1.54, 1.807) is 0 Å². The van der Waals surface area contributed by atoms with Crippen LogP contribution in [0.4, 0.5) is 5.82 Å². The van der Waals surface area contributed by atoms with Crippen LogP contribution in [0.3, 0.4) is 0 Å². The van der Waals surface area contributed by atoms with Crippen LogP contribution in [-0.4, -0.2) is 18.2 Å². The van der Waals surface area contributed by atoms with Crippen LogP contribution in [0.5, 0.6) is 0 Å². The van der Waals surface area contributed by atoms with E-state index in [2.05, 4.69) is 11.1 Å². The third kappa shape index (κ3) is 2.31. The van der Waals surface area contributed by atoms with Crippen molar-refractivity contribution >= 4 is 5.82 Å². The van der Waals surface area contributed by atoms with E-state index < -0.39 is 0 Å². The standard InChI is InChI=1S/C12H15N3O/c13-4-1-10-7-11(8-15-12(10)14)9-2-5-16-6-3-9/h7-9H,1-3,5-6H2,(H2,14,15). The molecule has 0 atom stereocenters. The van der Waals surface area contributed by atoms with Crippen LogP contribution in [0.15, 0.2) is 12.3 Å². The SMILES string of the molecule is N#CCc1cc(C2CCOCC2)cnc1N.